The van der Waals surface area contributed by atoms with Gasteiger partial charge in [0.05, 0.1) is 7.11 Å². The summed E-state index contributed by atoms with van der Waals surface area (Å²) in [4.78, 5) is 3.90. The predicted molar refractivity (Wildman–Crippen MR) is 77.9 cm³/mol. The van der Waals surface area contributed by atoms with E-state index in [-0.39, 0.29) is 5.96 Å². The Morgan fingerprint density at radius 1 is 1.17 bits per heavy atom. The van der Waals surface area contributed by atoms with Crippen molar-refractivity contribution >= 4 is 5.96 Å². The molecule has 0 aliphatic rings. The smallest absolute Gasteiger partial charge is 0.185 e. The van der Waals surface area contributed by atoms with Crippen LogP contribution in [0.4, 0.5) is 0 Å². The highest BCUT2D eigenvalue weighted by molar-refractivity contribution is 5.75. The molecular weight excluding hydrogens is 226 g/mol. The van der Waals surface area contributed by atoms with Gasteiger partial charge in [-0.05, 0) is 30.0 Å². The number of nitrogens with two attached hydrogens (primary N) is 2. The zero-order chi connectivity index (χ0) is 14.0. The summed E-state index contributed by atoms with van der Waals surface area (Å²) < 4.78 is 5.04. The third kappa shape index (κ3) is 9.51. The van der Waals surface area contributed by atoms with Gasteiger partial charge in [-0.1, -0.05) is 32.9 Å². The van der Waals surface area contributed by atoms with Crippen LogP contribution in [0.25, 0.3) is 0 Å². The Kier molecular flexibility index (Phi) is 8.45. The number of ether oxygens (including phenoxy) is 1. The molecule has 1 aromatic rings. The van der Waals surface area contributed by atoms with E-state index in [1.807, 2.05) is 24.3 Å². The normalized spacial score (nSPS) is 9.39. The van der Waals surface area contributed by atoms with E-state index in [2.05, 4.69) is 25.8 Å². The van der Waals surface area contributed by atoms with Crippen molar-refractivity contribution in [3.8, 4) is 5.75 Å². The van der Waals surface area contributed by atoms with Crippen molar-refractivity contribution in [1.82, 2.24) is 0 Å². The maximum atomic E-state index is 5.21. The molecule has 4 nitrogen and oxygen atoms in total. The van der Waals surface area contributed by atoms with E-state index in [4.69, 9.17) is 16.2 Å². The molecule has 0 unspecified atom stereocenters. The number of hydrogen-bond acceptors (Lipinski definition) is 2. The summed E-state index contributed by atoms with van der Waals surface area (Å²) in [6.07, 6.45) is 0.835. The second kappa shape index (κ2) is 9.33. The number of methoxy groups -OCH3 is 1. The minimum atomic E-state index is 0.138. The quantitative estimate of drug-likeness (QED) is 0.636. The molecule has 0 fully saturated rings. The highest BCUT2D eigenvalue weighted by atomic mass is 16.5. The summed E-state index contributed by atoms with van der Waals surface area (Å²) in [5.41, 5.74) is 11.6. The average molecular weight is 251 g/mol. The van der Waals surface area contributed by atoms with E-state index in [9.17, 15) is 0 Å². The highest BCUT2D eigenvalue weighted by Gasteiger charge is 1.93. The van der Waals surface area contributed by atoms with Crippen molar-refractivity contribution in [2.24, 2.45) is 22.4 Å². The lowest BCUT2D eigenvalue weighted by atomic mass is 10.1. The van der Waals surface area contributed by atoms with Crippen molar-refractivity contribution in [2.75, 3.05) is 13.7 Å². The molecule has 0 amide bonds. The lowest BCUT2D eigenvalue weighted by Crippen LogP contribution is -2.23. The standard InChI is InChI=1S/C10H15N3O.C4H10/c1-14-9-4-2-8(3-5-9)6-7-13-10(11)12;1-4(2)3/h2-5H,6-7H2,1H3,(H4,11,12,13);4H,1-3H3. The number of guanidine groups is 1. The van der Waals surface area contributed by atoms with E-state index < -0.39 is 0 Å². The van der Waals surface area contributed by atoms with Crippen LogP contribution in [0.5, 0.6) is 5.75 Å². The monoisotopic (exact) mass is 251 g/mol. The lowest BCUT2D eigenvalue weighted by molar-refractivity contribution is 0.414. The van der Waals surface area contributed by atoms with E-state index >= 15 is 0 Å². The number of rotatable bonds is 4. The maximum absolute atomic E-state index is 5.21. The predicted octanol–water partition coefficient (Wildman–Crippen LogP) is 2.17. The molecule has 0 aliphatic heterocycles. The Labute approximate surface area is 110 Å². The average Bonchev–Trinajstić information content (AvgIpc) is 2.29. The maximum Gasteiger partial charge on any atom is 0.185 e. The molecule has 0 aromatic heterocycles. The number of benzene rings is 1. The van der Waals surface area contributed by atoms with Crippen LogP contribution >= 0.6 is 0 Å². The van der Waals surface area contributed by atoms with E-state index in [1.54, 1.807) is 7.11 Å². The van der Waals surface area contributed by atoms with Crippen LogP contribution in [0.3, 0.4) is 0 Å². The summed E-state index contributed by atoms with van der Waals surface area (Å²) in [5.74, 6) is 1.83. The molecule has 1 aromatic carbocycles. The molecule has 0 spiro atoms. The summed E-state index contributed by atoms with van der Waals surface area (Å²) >= 11 is 0. The van der Waals surface area contributed by atoms with Gasteiger partial charge in [0.2, 0.25) is 0 Å². The van der Waals surface area contributed by atoms with Crippen LogP contribution in [0.2, 0.25) is 0 Å². The Morgan fingerprint density at radius 2 is 1.67 bits per heavy atom. The molecule has 0 saturated heterocycles. The van der Waals surface area contributed by atoms with Crippen LogP contribution in [0.15, 0.2) is 29.3 Å². The second-order valence-corrected chi connectivity index (χ2v) is 4.64. The zero-order valence-corrected chi connectivity index (χ0v) is 11.8. The molecule has 102 valence electrons. The largest absolute Gasteiger partial charge is 0.497 e. The van der Waals surface area contributed by atoms with Crippen LogP contribution < -0.4 is 16.2 Å². The SMILES string of the molecule is CC(C)C.COc1ccc(CCN=C(N)N)cc1. The number of hydrogen-bond donors (Lipinski definition) is 2. The fourth-order valence-corrected chi connectivity index (χ4v) is 1.11. The van der Waals surface area contributed by atoms with E-state index in [1.165, 1.54) is 5.56 Å². The molecule has 18 heavy (non-hydrogen) atoms. The minimum Gasteiger partial charge on any atom is -0.497 e. The van der Waals surface area contributed by atoms with Gasteiger partial charge in [-0.2, -0.15) is 0 Å². The molecule has 0 atom stereocenters. The van der Waals surface area contributed by atoms with Gasteiger partial charge in [0.15, 0.2) is 5.96 Å². The van der Waals surface area contributed by atoms with Gasteiger partial charge in [0.1, 0.15) is 5.75 Å². The van der Waals surface area contributed by atoms with Gasteiger partial charge in [-0.3, -0.25) is 4.99 Å². The Morgan fingerprint density at radius 3 is 2.06 bits per heavy atom. The van der Waals surface area contributed by atoms with Crippen molar-refractivity contribution in [2.45, 2.75) is 27.2 Å². The fourth-order valence-electron chi connectivity index (χ4n) is 1.11. The van der Waals surface area contributed by atoms with Crippen molar-refractivity contribution in [3.63, 3.8) is 0 Å². The third-order valence-corrected chi connectivity index (χ3v) is 1.85. The summed E-state index contributed by atoms with van der Waals surface area (Å²) in [6.45, 7) is 7.12. The van der Waals surface area contributed by atoms with Gasteiger partial charge in [0, 0.05) is 6.54 Å². The first-order valence-corrected chi connectivity index (χ1v) is 6.14. The third-order valence-electron chi connectivity index (χ3n) is 1.85. The van der Waals surface area contributed by atoms with Crippen LogP contribution in [-0.4, -0.2) is 19.6 Å². The molecule has 4 heteroatoms. The van der Waals surface area contributed by atoms with Gasteiger partial charge in [-0.25, -0.2) is 0 Å². The van der Waals surface area contributed by atoms with Crippen LogP contribution in [-0.2, 0) is 6.42 Å². The fraction of sp³-hybridized carbons (Fsp3) is 0.500. The Balaban J connectivity index is 0.000000631. The highest BCUT2D eigenvalue weighted by Crippen LogP contribution is 2.11. The van der Waals surface area contributed by atoms with Crippen molar-refractivity contribution in [3.05, 3.63) is 29.8 Å². The van der Waals surface area contributed by atoms with Crippen molar-refractivity contribution < 1.29 is 4.74 Å². The molecule has 0 bridgehead atoms. The van der Waals surface area contributed by atoms with E-state index in [0.717, 1.165) is 18.1 Å². The first-order valence-electron chi connectivity index (χ1n) is 6.14. The summed E-state index contributed by atoms with van der Waals surface area (Å²) in [7, 11) is 1.65. The van der Waals surface area contributed by atoms with Crippen LogP contribution in [0.1, 0.15) is 26.3 Å². The molecular formula is C14H25N3O. The Bertz CT molecular complexity index is 338. The molecule has 0 saturated carbocycles. The summed E-state index contributed by atoms with van der Waals surface area (Å²) in [5, 5.41) is 0. The first-order chi connectivity index (χ1) is 8.45. The topological polar surface area (TPSA) is 73.6 Å². The van der Waals surface area contributed by atoms with Gasteiger partial charge < -0.3 is 16.2 Å². The number of nitrogens with zero attached hydrogens (tertiary/aromatic N) is 1. The van der Waals surface area contributed by atoms with Gasteiger partial charge >= 0.3 is 0 Å². The Hall–Kier alpha value is -1.71. The first kappa shape index (κ1) is 16.3. The van der Waals surface area contributed by atoms with Gasteiger partial charge in [-0.15, -0.1) is 0 Å². The van der Waals surface area contributed by atoms with Gasteiger partial charge in [0.25, 0.3) is 0 Å². The van der Waals surface area contributed by atoms with E-state index in [0.29, 0.717) is 6.54 Å². The molecule has 1 rings (SSSR count). The molecule has 4 N–H and O–H groups in total. The lowest BCUT2D eigenvalue weighted by Gasteiger charge is -2.01. The molecule has 0 heterocycles. The molecule has 0 radical (unpaired) electrons. The second-order valence-electron chi connectivity index (χ2n) is 4.64. The zero-order valence-electron chi connectivity index (χ0n) is 11.8. The summed E-state index contributed by atoms with van der Waals surface area (Å²) in [6, 6.07) is 7.85. The van der Waals surface area contributed by atoms with Crippen LogP contribution in [0, 0.1) is 5.92 Å². The molecule has 0 aliphatic carbocycles. The van der Waals surface area contributed by atoms with Crippen molar-refractivity contribution in [1.29, 1.82) is 0 Å². The number of aliphatic imine (C=N–C) groups is 1. The minimum absolute atomic E-state index is 0.138.